The third-order valence-corrected chi connectivity index (χ3v) is 8.36. The molecule has 8 nitrogen and oxygen atoms in total. The molecule has 0 unspecified atom stereocenters. The van der Waals surface area contributed by atoms with E-state index in [0.717, 1.165) is 27.3 Å². The van der Waals surface area contributed by atoms with Gasteiger partial charge in [0.25, 0.3) is 0 Å². The van der Waals surface area contributed by atoms with Gasteiger partial charge in [-0.3, -0.25) is 0 Å². The van der Waals surface area contributed by atoms with Crippen molar-refractivity contribution in [2.24, 2.45) is 0 Å². The van der Waals surface area contributed by atoms with E-state index in [4.69, 9.17) is 9.47 Å². The molecular weight excluding hydrogens is 510 g/mol. The summed E-state index contributed by atoms with van der Waals surface area (Å²) in [5.74, 6) is 1.36. The molecule has 0 bridgehead atoms. The van der Waals surface area contributed by atoms with E-state index in [2.05, 4.69) is 15.4 Å². The monoisotopic (exact) mass is 537 g/mol. The van der Waals surface area contributed by atoms with Crippen molar-refractivity contribution in [1.82, 2.24) is 10.0 Å². The molecule has 0 radical (unpaired) electrons. The molecule has 0 saturated heterocycles. The number of hydrogen-bond acceptors (Lipinski definition) is 6. The standard InChI is InChI=1S/C27H27N3O5S2/c1-34-22-13-11-21(12-14-22)30-27(31)28-17-18-29-37(32,33)26-16-15-25(36-26)23-9-5-6-10-24(23)35-19-20-7-3-2-4-8-20/h2-16,29H,17-19H2,1H3,(H2,28,30,31). The summed E-state index contributed by atoms with van der Waals surface area (Å²) in [7, 11) is -2.17. The molecule has 1 aromatic heterocycles. The Morgan fingerprint density at radius 3 is 2.35 bits per heavy atom. The Hall–Kier alpha value is -3.86. The third kappa shape index (κ3) is 7.32. The summed E-state index contributed by atoms with van der Waals surface area (Å²) in [5, 5.41) is 5.31. The number of ether oxygens (including phenoxy) is 2. The molecule has 0 fully saturated rings. The number of sulfonamides is 1. The number of nitrogens with one attached hydrogen (secondary N) is 3. The number of urea groups is 1. The van der Waals surface area contributed by atoms with Crippen LogP contribution in [0.2, 0.25) is 0 Å². The minimum absolute atomic E-state index is 0.0440. The van der Waals surface area contributed by atoms with Gasteiger partial charge in [0, 0.05) is 29.2 Å². The highest BCUT2D eigenvalue weighted by Gasteiger charge is 2.18. The lowest BCUT2D eigenvalue weighted by molar-refractivity contribution is 0.252. The van der Waals surface area contributed by atoms with Crippen molar-refractivity contribution in [2.75, 3.05) is 25.5 Å². The largest absolute Gasteiger partial charge is 0.497 e. The van der Waals surface area contributed by atoms with E-state index in [-0.39, 0.29) is 17.3 Å². The Bertz CT molecular complexity index is 1420. The number of methoxy groups -OCH3 is 1. The molecule has 0 spiro atoms. The number of anilines is 1. The number of rotatable bonds is 11. The van der Waals surface area contributed by atoms with Crippen LogP contribution in [0.25, 0.3) is 10.4 Å². The minimum Gasteiger partial charge on any atom is -0.497 e. The summed E-state index contributed by atoms with van der Waals surface area (Å²) in [4.78, 5) is 12.8. The maximum atomic E-state index is 12.8. The van der Waals surface area contributed by atoms with Gasteiger partial charge < -0.3 is 20.1 Å². The Balaban J connectivity index is 1.30. The minimum atomic E-state index is -3.74. The van der Waals surface area contributed by atoms with Crippen LogP contribution in [-0.4, -0.2) is 34.6 Å². The van der Waals surface area contributed by atoms with Gasteiger partial charge >= 0.3 is 6.03 Å². The van der Waals surface area contributed by atoms with Gasteiger partial charge in [0.2, 0.25) is 10.0 Å². The highest BCUT2D eigenvalue weighted by molar-refractivity contribution is 7.91. The maximum absolute atomic E-state index is 12.8. The second-order valence-electron chi connectivity index (χ2n) is 7.90. The molecule has 2 amide bonds. The summed E-state index contributed by atoms with van der Waals surface area (Å²) in [6.45, 7) is 0.576. The summed E-state index contributed by atoms with van der Waals surface area (Å²) in [6, 6.07) is 27.2. The Kier molecular flexibility index (Phi) is 8.78. The number of benzene rings is 3. The number of thiophene rings is 1. The van der Waals surface area contributed by atoms with Crippen LogP contribution in [0.4, 0.5) is 10.5 Å². The predicted molar refractivity (Wildman–Crippen MR) is 146 cm³/mol. The van der Waals surface area contributed by atoms with Crippen molar-refractivity contribution in [1.29, 1.82) is 0 Å². The Morgan fingerprint density at radius 2 is 1.59 bits per heavy atom. The molecule has 4 aromatic rings. The average molecular weight is 538 g/mol. The van der Waals surface area contributed by atoms with E-state index < -0.39 is 16.1 Å². The van der Waals surface area contributed by atoms with E-state index in [0.29, 0.717) is 23.8 Å². The van der Waals surface area contributed by atoms with Gasteiger partial charge in [0.1, 0.15) is 22.3 Å². The van der Waals surface area contributed by atoms with E-state index in [1.54, 1.807) is 43.5 Å². The first kappa shape index (κ1) is 26.2. The number of carbonyl (C=O) groups is 1. The number of amides is 2. The second-order valence-corrected chi connectivity index (χ2v) is 11.0. The number of para-hydroxylation sites is 1. The summed E-state index contributed by atoms with van der Waals surface area (Å²) < 4.78 is 39.4. The first-order valence-corrected chi connectivity index (χ1v) is 13.8. The Morgan fingerprint density at radius 1 is 0.865 bits per heavy atom. The van der Waals surface area contributed by atoms with Gasteiger partial charge in [-0.05, 0) is 54.1 Å². The van der Waals surface area contributed by atoms with Crippen molar-refractivity contribution in [3.8, 4) is 21.9 Å². The van der Waals surface area contributed by atoms with Crippen LogP contribution in [-0.2, 0) is 16.6 Å². The lowest BCUT2D eigenvalue weighted by Gasteiger charge is -2.10. The Labute approximate surface area is 220 Å². The van der Waals surface area contributed by atoms with Crippen LogP contribution in [0.3, 0.4) is 0 Å². The fourth-order valence-electron chi connectivity index (χ4n) is 3.42. The average Bonchev–Trinajstić information content (AvgIpc) is 3.43. The molecule has 0 aliphatic carbocycles. The highest BCUT2D eigenvalue weighted by Crippen LogP contribution is 2.36. The van der Waals surface area contributed by atoms with Crippen LogP contribution in [0, 0.1) is 0 Å². The molecule has 10 heteroatoms. The quantitative estimate of drug-likeness (QED) is 0.231. The predicted octanol–water partition coefficient (Wildman–Crippen LogP) is 5.10. The number of carbonyl (C=O) groups excluding carboxylic acids is 1. The van der Waals surface area contributed by atoms with Crippen LogP contribution in [0.5, 0.6) is 11.5 Å². The lowest BCUT2D eigenvalue weighted by atomic mass is 10.1. The molecule has 37 heavy (non-hydrogen) atoms. The van der Waals surface area contributed by atoms with Gasteiger partial charge in [0.05, 0.1) is 7.11 Å². The maximum Gasteiger partial charge on any atom is 0.319 e. The molecule has 0 aliphatic heterocycles. The molecule has 4 rings (SSSR count). The molecule has 0 atom stereocenters. The third-order valence-electron chi connectivity index (χ3n) is 5.29. The molecular formula is C27H27N3O5S2. The zero-order chi connectivity index (χ0) is 26.1. The molecule has 3 N–H and O–H groups in total. The van der Waals surface area contributed by atoms with Crippen molar-refractivity contribution in [3.63, 3.8) is 0 Å². The van der Waals surface area contributed by atoms with Crippen molar-refractivity contribution in [3.05, 3.63) is 96.6 Å². The molecule has 0 saturated carbocycles. The van der Waals surface area contributed by atoms with Crippen molar-refractivity contribution < 1.29 is 22.7 Å². The molecule has 0 aliphatic rings. The van der Waals surface area contributed by atoms with Gasteiger partial charge in [-0.1, -0.05) is 42.5 Å². The zero-order valence-corrected chi connectivity index (χ0v) is 21.8. The van der Waals surface area contributed by atoms with Crippen LogP contribution >= 0.6 is 11.3 Å². The zero-order valence-electron chi connectivity index (χ0n) is 20.1. The molecule has 3 aromatic carbocycles. The van der Waals surface area contributed by atoms with Crippen molar-refractivity contribution >= 4 is 33.1 Å². The van der Waals surface area contributed by atoms with E-state index in [1.807, 2.05) is 54.6 Å². The van der Waals surface area contributed by atoms with Gasteiger partial charge in [-0.2, -0.15) is 0 Å². The summed E-state index contributed by atoms with van der Waals surface area (Å²) in [6.07, 6.45) is 0. The lowest BCUT2D eigenvalue weighted by Crippen LogP contribution is -2.36. The van der Waals surface area contributed by atoms with Gasteiger partial charge in [0.15, 0.2) is 0 Å². The second kappa shape index (κ2) is 12.4. The molecule has 192 valence electrons. The normalized spacial score (nSPS) is 11.1. The van der Waals surface area contributed by atoms with Crippen LogP contribution in [0.1, 0.15) is 5.56 Å². The van der Waals surface area contributed by atoms with Crippen molar-refractivity contribution in [2.45, 2.75) is 10.8 Å². The van der Waals surface area contributed by atoms with Crippen LogP contribution in [0.15, 0.2) is 95.2 Å². The summed E-state index contributed by atoms with van der Waals surface area (Å²) >= 11 is 1.16. The van der Waals surface area contributed by atoms with Gasteiger partial charge in [-0.15, -0.1) is 11.3 Å². The van der Waals surface area contributed by atoms with E-state index >= 15 is 0 Å². The topological polar surface area (TPSA) is 106 Å². The SMILES string of the molecule is COc1ccc(NC(=O)NCCNS(=O)(=O)c2ccc(-c3ccccc3OCc3ccccc3)s2)cc1. The fourth-order valence-corrected chi connectivity index (χ4v) is 5.84. The first-order chi connectivity index (χ1) is 17.9. The van der Waals surface area contributed by atoms with Crippen LogP contribution < -0.4 is 24.8 Å². The molecule has 1 heterocycles. The summed E-state index contributed by atoms with van der Waals surface area (Å²) in [5.41, 5.74) is 2.46. The smallest absolute Gasteiger partial charge is 0.319 e. The fraction of sp³-hybridized carbons (Fsp3) is 0.148. The van der Waals surface area contributed by atoms with E-state index in [9.17, 15) is 13.2 Å². The highest BCUT2D eigenvalue weighted by atomic mass is 32.2. The van der Waals surface area contributed by atoms with E-state index in [1.165, 1.54) is 0 Å². The van der Waals surface area contributed by atoms with Gasteiger partial charge in [-0.25, -0.2) is 17.9 Å². The first-order valence-electron chi connectivity index (χ1n) is 11.5. The number of hydrogen-bond donors (Lipinski definition) is 3.